The Balaban J connectivity index is 1.53. The number of hydrogen-bond donors (Lipinski definition) is 2. The van der Waals surface area contributed by atoms with Gasteiger partial charge in [0, 0.05) is 24.5 Å². The number of nitrogens with one attached hydrogen (secondary N) is 1. The maximum absolute atomic E-state index is 13.8. The summed E-state index contributed by atoms with van der Waals surface area (Å²) in [4.78, 5) is 28.4. The number of ether oxygens (including phenoxy) is 1. The van der Waals surface area contributed by atoms with Crippen LogP contribution in [0.3, 0.4) is 0 Å². The van der Waals surface area contributed by atoms with Crippen LogP contribution in [0, 0.1) is 11.2 Å². The molecular formula is C21H19FN2O5. The number of para-hydroxylation sites is 1. The molecule has 1 aromatic heterocycles. The predicted molar refractivity (Wildman–Crippen MR) is 103 cm³/mol. The first-order chi connectivity index (χ1) is 14.0. The highest BCUT2D eigenvalue weighted by Crippen LogP contribution is 2.36. The topological polar surface area (TPSA) is 102 Å². The number of hydrogen-bond acceptors (Lipinski definition) is 5. The molecule has 4 rings (SSSR count). The van der Waals surface area contributed by atoms with Gasteiger partial charge in [-0.15, -0.1) is 0 Å². The molecule has 3 aromatic rings. The number of carboxylic acid groups (broad SMARTS) is 1. The third-order valence-electron chi connectivity index (χ3n) is 5.18. The first-order valence-electron chi connectivity index (χ1n) is 9.23. The molecule has 0 spiro atoms. The lowest BCUT2D eigenvalue weighted by atomic mass is 9.76. The minimum atomic E-state index is -1.01. The van der Waals surface area contributed by atoms with Gasteiger partial charge in [0.15, 0.2) is 11.4 Å². The lowest BCUT2D eigenvalue weighted by Gasteiger charge is -2.34. The van der Waals surface area contributed by atoms with Gasteiger partial charge in [0.25, 0.3) is 0 Å². The average Bonchev–Trinajstić information content (AvgIpc) is 3.14. The van der Waals surface area contributed by atoms with E-state index in [2.05, 4.69) is 10.3 Å². The monoisotopic (exact) mass is 398 g/mol. The summed E-state index contributed by atoms with van der Waals surface area (Å²) >= 11 is 0. The number of aliphatic carboxylic acids is 1. The second kappa shape index (κ2) is 7.63. The second-order valence-electron chi connectivity index (χ2n) is 7.10. The van der Waals surface area contributed by atoms with Gasteiger partial charge < -0.3 is 19.6 Å². The number of rotatable bonds is 5. The molecule has 7 nitrogen and oxygen atoms in total. The number of carbonyl (C=O) groups is 2. The maximum atomic E-state index is 13.8. The summed E-state index contributed by atoms with van der Waals surface area (Å²) in [6, 6.07) is 11.3. The van der Waals surface area contributed by atoms with Crippen molar-refractivity contribution in [1.29, 1.82) is 0 Å². The van der Waals surface area contributed by atoms with Gasteiger partial charge in [-0.3, -0.25) is 9.59 Å². The number of anilines is 1. The van der Waals surface area contributed by atoms with Gasteiger partial charge in [-0.1, -0.05) is 6.07 Å². The smallest absolute Gasteiger partial charge is 0.304 e. The van der Waals surface area contributed by atoms with E-state index in [1.165, 1.54) is 6.07 Å². The molecule has 1 fully saturated rings. The van der Waals surface area contributed by atoms with E-state index in [4.69, 9.17) is 9.15 Å². The molecule has 0 radical (unpaired) electrons. The Bertz CT molecular complexity index is 1050. The average molecular weight is 398 g/mol. The molecule has 29 heavy (non-hydrogen) atoms. The number of oxazole rings is 1. The molecule has 1 saturated heterocycles. The van der Waals surface area contributed by atoms with E-state index < -0.39 is 17.2 Å². The van der Waals surface area contributed by atoms with Crippen molar-refractivity contribution in [2.75, 3.05) is 18.5 Å². The second-order valence-corrected chi connectivity index (χ2v) is 7.10. The van der Waals surface area contributed by atoms with Crippen molar-refractivity contribution in [2.24, 2.45) is 5.41 Å². The summed E-state index contributed by atoms with van der Waals surface area (Å²) in [5, 5.41) is 12.0. The highest BCUT2D eigenvalue weighted by Gasteiger charge is 2.42. The van der Waals surface area contributed by atoms with Crippen molar-refractivity contribution >= 4 is 28.7 Å². The Morgan fingerprint density at radius 1 is 1.14 bits per heavy atom. The summed E-state index contributed by atoms with van der Waals surface area (Å²) in [5.41, 5.74) is 0.686. The van der Waals surface area contributed by atoms with Crippen LogP contribution in [-0.2, 0) is 14.3 Å². The lowest BCUT2D eigenvalue weighted by Crippen LogP contribution is -2.42. The maximum Gasteiger partial charge on any atom is 0.304 e. The van der Waals surface area contributed by atoms with Crippen LogP contribution in [0.15, 0.2) is 46.9 Å². The first-order valence-corrected chi connectivity index (χ1v) is 9.23. The van der Waals surface area contributed by atoms with Crippen LogP contribution in [0.5, 0.6) is 0 Å². The van der Waals surface area contributed by atoms with Crippen LogP contribution in [0.4, 0.5) is 10.1 Å². The number of carbonyl (C=O) groups excluding carboxylic acids is 1. The predicted octanol–water partition coefficient (Wildman–Crippen LogP) is 3.84. The number of halogens is 1. The van der Waals surface area contributed by atoms with Crippen LogP contribution < -0.4 is 5.32 Å². The van der Waals surface area contributed by atoms with Gasteiger partial charge in [0.05, 0.1) is 11.8 Å². The molecule has 0 bridgehead atoms. The van der Waals surface area contributed by atoms with E-state index in [0.717, 1.165) is 0 Å². The van der Waals surface area contributed by atoms with E-state index in [-0.39, 0.29) is 23.8 Å². The molecule has 2 heterocycles. The van der Waals surface area contributed by atoms with Gasteiger partial charge in [0.1, 0.15) is 5.52 Å². The van der Waals surface area contributed by atoms with Crippen LogP contribution in [0.25, 0.3) is 22.6 Å². The lowest BCUT2D eigenvalue weighted by molar-refractivity contribution is -0.147. The van der Waals surface area contributed by atoms with Crippen molar-refractivity contribution in [2.45, 2.75) is 19.3 Å². The van der Waals surface area contributed by atoms with Crippen molar-refractivity contribution in [3.05, 3.63) is 48.3 Å². The standard InChI is InChI=1S/C21H19FN2O5/c22-15-2-1-3-16-18(15)29-19(24-16)13-4-6-14(7-5-13)23-20(27)21(12-17(25)26)8-10-28-11-9-21/h1-7H,8-12H2,(H,23,27)(H,25,26). The Hall–Kier alpha value is -3.26. The number of aromatic nitrogens is 1. The molecule has 2 aromatic carbocycles. The zero-order valence-corrected chi connectivity index (χ0v) is 15.5. The van der Waals surface area contributed by atoms with E-state index in [1.807, 2.05) is 0 Å². The Labute approximate surface area is 165 Å². The zero-order valence-electron chi connectivity index (χ0n) is 15.5. The van der Waals surface area contributed by atoms with Gasteiger partial charge in [-0.05, 0) is 49.2 Å². The number of amides is 1. The van der Waals surface area contributed by atoms with Crippen LogP contribution >= 0.6 is 0 Å². The summed E-state index contributed by atoms with van der Waals surface area (Å²) in [6.45, 7) is 0.710. The number of benzene rings is 2. The van der Waals surface area contributed by atoms with Gasteiger partial charge >= 0.3 is 5.97 Å². The molecule has 0 unspecified atom stereocenters. The molecule has 0 atom stereocenters. The fourth-order valence-corrected chi connectivity index (χ4v) is 3.53. The van der Waals surface area contributed by atoms with E-state index in [1.54, 1.807) is 36.4 Å². The van der Waals surface area contributed by atoms with Crippen molar-refractivity contribution < 1.29 is 28.2 Å². The third kappa shape index (κ3) is 3.84. The van der Waals surface area contributed by atoms with Gasteiger partial charge in [0.2, 0.25) is 11.8 Å². The van der Waals surface area contributed by atoms with E-state index in [0.29, 0.717) is 42.8 Å². The molecular weight excluding hydrogens is 379 g/mol. The summed E-state index contributed by atoms with van der Waals surface area (Å²) in [6.07, 6.45) is 0.476. The third-order valence-corrected chi connectivity index (χ3v) is 5.18. The van der Waals surface area contributed by atoms with E-state index >= 15 is 0 Å². The van der Waals surface area contributed by atoms with Crippen molar-refractivity contribution in [3.63, 3.8) is 0 Å². The van der Waals surface area contributed by atoms with Crippen molar-refractivity contribution in [1.82, 2.24) is 4.98 Å². The van der Waals surface area contributed by atoms with Crippen LogP contribution in [0.1, 0.15) is 19.3 Å². The summed E-state index contributed by atoms with van der Waals surface area (Å²) in [7, 11) is 0. The van der Waals surface area contributed by atoms with Gasteiger partial charge in [-0.25, -0.2) is 9.37 Å². The molecule has 1 aliphatic heterocycles. The zero-order chi connectivity index (χ0) is 20.4. The quantitative estimate of drug-likeness (QED) is 0.677. The van der Waals surface area contributed by atoms with Crippen LogP contribution in [-0.4, -0.2) is 35.2 Å². The molecule has 1 amide bonds. The molecule has 8 heteroatoms. The minimum absolute atomic E-state index is 0.0926. The normalized spacial score (nSPS) is 15.9. The Kier molecular flexibility index (Phi) is 5.02. The number of carboxylic acids is 1. The largest absolute Gasteiger partial charge is 0.481 e. The van der Waals surface area contributed by atoms with Crippen molar-refractivity contribution in [3.8, 4) is 11.5 Å². The SMILES string of the molecule is O=C(O)CC1(C(=O)Nc2ccc(-c3nc4cccc(F)c4o3)cc2)CCOCC1. The highest BCUT2D eigenvalue weighted by atomic mass is 19.1. The summed E-state index contributed by atoms with van der Waals surface area (Å²) < 4.78 is 24.6. The number of fused-ring (bicyclic) bond motifs is 1. The Morgan fingerprint density at radius 3 is 2.52 bits per heavy atom. The fourth-order valence-electron chi connectivity index (χ4n) is 3.53. The van der Waals surface area contributed by atoms with E-state index in [9.17, 15) is 19.1 Å². The number of nitrogens with zero attached hydrogens (tertiary/aromatic N) is 1. The molecule has 0 saturated carbocycles. The fraction of sp³-hybridized carbons (Fsp3) is 0.286. The first kappa shape index (κ1) is 19.1. The molecule has 150 valence electrons. The highest BCUT2D eigenvalue weighted by molar-refractivity contribution is 5.97. The summed E-state index contributed by atoms with van der Waals surface area (Å²) in [5.74, 6) is -1.56. The molecule has 1 aliphatic rings. The Morgan fingerprint density at radius 2 is 1.86 bits per heavy atom. The van der Waals surface area contributed by atoms with Crippen LogP contribution in [0.2, 0.25) is 0 Å². The molecule has 0 aliphatic carbocycles. The van der Waals surface area contributed by atoms with Gasteiger partial charge in [-0.2, -0.15) is 0 Å². The molecule has 2 N–H and O–H groups in total. The minimum Gasteiger partial charge on any atom is -0.481 e.